The Bertz CT molecular complexity index is 849. The van der Waals surface area contributed by atoms with Gasteiger partial charge in [-0.25, -0.2) is 0 Å². The van der Waals surface area contributed by atoms with Gasteiger partial charge in [-0.2, -0.15) is 0 Å². The van der Waals surface area contributed by atoms with Crippen molar-refractivity contribution in [3.63, 3.8) is 0 Å². The number of hydrogen-bond acceptors (Lipinski definition) is 6. The first-order valence-electron chi connectivity index (χ1n) is 10.4. The molecule has 0 N–H and O–H groups in total. The molecule has 1 amide bonds. The summed E-state index contributed by atoms with van der Waals surface area (Å²) in [5, 5.41) is 2.13. The summed E-state index contributed by atoms with van der Waals surface area (Å²) in [6, 6.07) is 10.9. The first kappa shape index (κ1) is 18.9. The molecule has 2 aromatic rings. The highest BCUT2D eigenvalue weighted by atomic mass is 32.1. The average molecular weight is 414 g/mol. The maximum Gasteiger partial charge on any atom is 0.236 e. The first-order valence-corrected chi connectivity index (χ1v) is 11.3. The van der Waals surface area contributed by atoms with Gasteiger partial charge in [0.05, 0.1) is 6.54 Å². The highest BCUT2D eigenvalue weighted by Gasteiger charge is 2.30. The number of benzene rings is 1. The third-order valence-electron chi connectivity index (χ3n) is 6.14. The van der Waals surface area contributed by atoms with E-state index in [2.05, 4.69) is 39.4 Å². The van der Waals surface area contributed by atoms with Crippen molar-refractivity contribution in [2.45, 2.75) is 25.4 Å². The Morgan fingerprint density at radius 3 is 2.76 bits per heavy atom. The molecular formula is C22H27N3O3S. The van der Waals surface area contributed by atoms with Crippen LogP contribution in [0.4, 0.5) is 0 Å². The lowest BCUT2D eigenvalue weighted by molar-refractivity contribution is -0.134. The number of amides is 1. The van der Waals surface area contributed by atoms with Gasteiger partial charge in [0.1, 0.15) is 0 Å². The van der Waals surface area contributed by atoms with Gasteiger partial charge in [-0.15, -0.1) is 11.3 Å². The molecule has 7 heteroatoms. The van der Waals surface area contributed by atoms with Gasteiger partial charge in [0.25, 0.3) is 0 Å². The maximum absolute atomic E-state index is 12.9. The van der Waals surface area contributed by atoms with Crippen LogP contribution in [-0.4, -0.2) is 66.7 Å². The van der Waals surface area contributed by atoms with Gasteiger partial charge in [-0.1, -0.05) is 12.1 Å². The Labute approximate surface area is 175 Å². The Balaban J connectivity index is 1.12. The van der Waals surface area contributed by atoms with Crippen molar-refractivity contribution < 1.29 is 14.3 Å². The summed E-state index contributed by atoms with van der Waals surface area (Å²) in [5.74, 6) is 1.94. The number of rotatable bonds is 5. The van der Waals surface area contributed by atoms with E-state index in [-0.39, 0.29) is 5.91 Å². The number of thiophene rings is 1. The van der Waals surface area contributed by atoms with Crippen LogP contribution in [0.3, 0.4) is 0 Å². The minimum atomic E-state index is 0.274. The molecular weight excluding hydrogens is 386 g/mol. The molecule has 154 valence electrons. The van der Waals surface area contributed by atoms with Crippen LogP contribution < -0.4 is 9.47 Å². The maximum atomic E-state index is 12.9. The zero-order valence-electron chi connectivity index (χ0n) is 16.6. The van der Waals surface area contributed by atoms with E-state index < -0.39 is 0 Å². The number of carbonyl (C=O) groups is 1. The summed E-state index contributed by atoms with van der Waals surface area (Å²) in [7, 11) is 0. The van der Waals surface area contributed by atoms with E-state index in [1.165, 1.54) is 16.9 Å². The molecule has 1 aromatic heterocycles. The van der Waals surface area contributed by atoms with Gasteiger partial charge in [-0.3, -0.25) is 14.6 Å². The lowest BCUT2D eigenvalue weighted by Crippen LogP contribution is -2.50. The molecule has 0 aliphatic carbocycles. The van der Waals surface area contributed by atoms with Crippen LogP contribution in [0, 0.1) is 0 Å². The van der Waals surface area contributed by atoms with Crippen molar-refractivity contribution in [1.82, 2.24) is 14.7 Å². The molecule has 29 heavy (non-hydrogen) atoms. The van der Waals surface area contributed by atoms with Gasteiger partial charge in [0.2, 0.25) is 12.7 Å². The van der Waals surface area contributed by atoms with E-state index in [9.17, 15) is 4.79 Å². The quantitative estimate of drug-likeness (QED) is 0.754. The summed E-state index contributed by atoms with van der Waals surface area (Å²) in [6.45, 7) is 6.20. The minimum absolute atomic E-state index is 0.274. The Morgan fingerprint density at radius 2 is 1.93 bits per heavy atom. The molecule has 0 saturated carbocycles. The molecule has 5 rings (SSSR count). The zero-order chi connectivity index (χ0) is 19.6. The molecule has 6 nitrogen and oxygen atoms in total. The van der Waals surface area contributed by atoms with E-state index in [0.717, 1.165) is 57.2 Å². The standard InChI is InChI=1S/C22H27N3O3S/c26-22(15-25-7-1-3-18(25)21-4-2-12-29-21)24-10-8-23(9-11-24)14-17-5-6-19-20(13-17)28-16-27-19/h2,4-6,12-13,18H,1,3,7-11,14-16H2/t18-/m0/s1. The second-order valence-corrected chi connectivity index (χ2v) is 8.97. The number of carbonyl (C=O) groups excluding carboxylic acids is 1. The van der Waals surface area contributed by atoms with E-state index in [1.54, 1.807) is 11.3 Å². The van der Waals surface area contributed by atoms with E-state index >= 15 is 0 Å². The monoisotopic (exact) mass is 413 g/mol. The highest BCUT2D eigenvalue weighted by Crippen LogP contribution is 2.34. The summed E-state index contributed by atoms with van der Waals surface area (Å²) in [6.07, 6.45) is 2.34. The van der Waals surface area contributed by atoms with E-state index in [4.69, 9.17) is 9.47 Å². The van der Waals surface area contributed by atoms with Crippen LogP contribution in [-0.2, 0) is 11.3 Å². The van der Waals surface area contributed by atoms with Crippen molar-refractivity contribution in [3.05, 3.63) is 46.2 Å². The van der Waals surface area contributed by atoms with Gasteiger partial charge < -0.3 is 14.4 Å². The molecule has 2 fully saturated rings. The SMILES string of the molecule is O=C(CN1CCC[C@H]1c1cccs1)N1CCN(Cc2ccc3c(c2)OCO3)CC1. The average Bonchev–Trinajstić information content (AvgIpc) is 3.49. The van der Waals surface area contributed by atoms with Crippen molar-refractivity contribution in [2.75, 3.05) is 46.1 Å². The molecule has 0 spiro atoms. The number of nitrogens with zero attached hydrogens (tertiary/aromatic N) is 3. The second kappa shape index (κ2) is 8.34. The summed E-state index contributed by atoms with van der Waals surface area (Å²) < 4.78 is 10.9. The number of likely N-dealkylation sites (tertiary alicyclic amines) is 1. The predicted octanol–water partition coefficient (Wildman–Crippen LogP) is 2.96. The normalized spacial score (nSPS) is 22.3. The van der Waals surface area contributed by atoms with Gasteiger partial charge in [0.15, 0.2) is 11.5 Å². The molecule has 2 saturated heterocycles. The fourth-order valence-corrected chi connectivity index (χ4v) is 5.44. The van der Waals surface area contributed by atoms with Crippen LogP contribution in [0.5, 0.6) is 11.5 Å². The minimum Gasteiger partial charge on any atom is -0.454 e. The second-order valence-electron chi connectivity index (χ2n) is 7.99. The lowest BCUT2D eigenvalue weighted by atomic mass is 10.1. The fraction of sp³-hybridized carbons (Fsp3) is 0.500. The van der Waals surface area contributed by atoms with Crippen LogP contribution >= 0.6 is 11.3 Å². The summed E-state index contributed by atoms with van der Waals surface area (Å²) in [5.41, 5.74) is 1.23. The lowest BCUT2D eigenvalue weighted by Gasteiger charge is -2.36. The van der Waals surface area contributed by atoms with Crippen molar-refractivity contribution in [3.8, 4) is 11.5 Å². The zero-order valence-corrected chi connectivity index (χ0v) is 17.4. The van der Waals surface area contributed by atoms with Crippen LogP contribution in [0.1, 0.15) is 29.3 Å². The van der Waals surface area contributed by atoms with Gasteiger partial charge in [-0.05, 0) is 48.5 Å². The summed E-state index contributed by atoms with van der Waals surface area (Å²) >= 11 is 1.81. The van der Waals surface area contributed by atoms with E-state index in [0.29, 0.717) is 19.4 Å². The smallest absolute Gasteiger partial charge is 0.236 e. The number of hydrogen-bond donors (Lipinski definition) is 0. The molecule has 1 aromatic carbocycles. The number of ether oxygens (including phenoxy) is 2. The molecule has 1 atom stereocenters. The van der Waals surface area contributed by atoms with E-state index in [1.807, 2.05) is 11.0 Å². The molecule has 0 radical (unpaired) electrons. The van der Waals surface area contributed by atoms with Crippen LogP contribution in [0.25, 0.3) is 0 Å². The molecule has 4 heterocycles. The number of piperazine rings is 1. The Morgan fingerprint density at radius 1 is 1.07 bits per heavy atom. The summed E-state index contributed by atoms with van der Waals surface area (Å²) in [4.78, 5) is 21.1. The molecule has 0 unspecified atom stereocenters. The first-order chi connectivity index (χ1) is 14.3. The van der Waals surface area contributed by atoms with Crippen molar-refractivity contribution in [1.29, 1.82) is 0 Å². The van der Waals surface area contributed by atoms with Crippen molar-refractivity contribution >= 4 is 17.2 Å². The molecule has 3 aliphatic heterocycles. The Hall–Kier alpha value is -2.09. The molecule has 0 bridgehead atoms. The van der Waals surface area contributed by atoms with Crippen LogP contribution in [0.15, 0.2) is 35.7 Å². The third kappa shape index (κ3) is 4.13. The van der Waals surface area contributed by atoms with Gasteiger partial charge in [0, 0.05) is 43.6 Å². The van der Waals surface area contributed by atoms with Crippen molar-refractivity contribution in [2.24, 2.45) is 0 Å². The number of fused-ring (bicyclic) bond motifs is 1. The van der Waals surface area contributed by atoms with Gasteiger partial charge >= 0.3 is 0 Å². The molecule has 3 aliphatic rings. The largest absolute Gasteiger partial charge is 0.454 e. The predicted molar refractivity (Wildman–Crippen MR) is 112 cm³/mol. The highest BCUT2D eigenvalue weighted by molar-refractivity contribution is 7.10. The fourth-order valence-electron chi connectivity index (χ4n) is 4.55. The van der Waals surface area contributed by atoms with Crippen LogP contribution in [0.2, 0.25) is 0 Å². The third-order valence-corrected chi connectivity index (χ3v) is 7.12. The topological polar surface area (TPSA) is 45.3 Å². The Kier molecular flexibility index (Phi) is 5.44.